The van der Waals surface area contributed by atoms with E-state index in [-0.39, 0.29) is 6.04 Å². The van der Waals surface area contributed by atoms with Crippen LogP contribution in [0, 0.1) is 0 Å². The highest BCUT2D eigenvalue weighted by atomic mass is 16.4. The molecule has 0 bridgehead atoms. The van der Waals surface area contributed by atoms with Gasteiger partial charge in [-0.05, 0) is 46.3 Å². The number of carbonyl (C=O) groups is 1. The van der Waals surface area contributed by atoms with Gasteiger partial charge in [-0.25, -0.2) is 0 Å². The smallest absolute Gasteiger partial charge is 0.320 e. The van der Waals surface area contributed by atoms with Crippen LogP contribution in [0.15, 0.2) is 0 Å². The number of hydrogen-bond donors (Lipinski definition) is 1. The summed E-state index contributed by atoms with van der Waals surface area (Å²) in [5, 5.41) is 9.08. The Morgan fingerprint density at radius 3 is 2.76 bits per heavy atom. The van der Waals surface area contributed by atoms with Gasteiger partial charge in [-0.2, -0.15) is 0 Å². The molecule has 1 aliphatic heterocycles. The number of nitrogens with zero attached hydrogens (tertiary/aromatic N) is 2. The summed E-state index contributed by atoms with van der Waals surface area (Å²) >= 11 is 0. The number of likely N-dealkylation sites (N-methyl/N-ethyl adjacent to an activating group) is 1. The molecule has 1 rings (SSSR count). The number of aliphatic carboxylic acids is 1. The molecule has 1 N–H and O–H groups in total. The second-order valence-electron chi connectivity index (χ2n) is 5.16. The monoisotopic (exact) mass is 242 g/mol. The van der Waals surface area contributed by atoms with Crippen molar-refractivity contribution >= 4 is 5.97 Å². The molecule has 4 nitrogen and oxygen atoms in total. The van der Waals surface area contributed by atoms with E-state index in [9.17, 15) is 4.79 Å². The van der Waals surface area contributed by atoms with E-state index >= 15 is 0 Å². The molecule has 1 saturated heterocycles. The number of hydrogen-bond acceptors (Lipinski definition) is 3. The maximum atomic E-state index is 11.0. The summed E-state index contributed by atoms with van der Waals surface area (Å²) in [5.74, 6) is -0.702. The zero-order chi connectivity index (χ0) is 12.8. The topological polar surface area (TPSA) is 43.8 Å². The summed E-state index contributed by atoms with van der Waals surface area (Å²) in [7, 11) is 4.10. The van der Waals surface area contributed by atoms with Crippen LogP contribution in [0.2, 0.25) is 0 Å². The van der Waals surface area contributed by atoms with E-state index < -0.39 is 5.97 Å². The summed E-state index contributed by atoms with van der Waals surface area (Å²) in [5.41, 5.74) is 0. The Morgan fingerprint density at radius 2 is 2.24 bits per heavy atom. The average molecular weight is 242 g/mol. The van der Waals surface area contributed by atoms with Crippen LogP contribution >= 0.6 is 0 Å². The fourth-order valence-electron chi connectivity index (χ4n) is 2.69. The third kappa shape index (κ3) is 4.28. The van der Waals surface area contributed by atoms with Gasteiger partial charge in [0.15, 0.2) is 0 Å². The van der Waals surface area contributed by atoms with E-state index in [0.29, 0.717) is 12.5 Å². The van der Waals surface area contributed by atoms with Crippen LogP contribution in [-0.2, 0) is 4.79 Å². The molecule has 0 spiro atoms. The summed E-state index contributed by atoms with van der Waals surface area (Å²) in [4.78, 5) is 15.4. The summed E-state index contributed by atoms with van der Waals surface area (Å²) in [6, 6.07) is 0.307. The van der Waals surface area contributed by atoms with Crippen molar-refractivity contribution in [1.29, 1.82) is 0 Å². The van der Waals surface area contributed by atoms with E-state index in [0.717, 1.165) is 13.0 Å². The van der Waals surface area contributed by atoms with Crippen LogP contribution in [0.3, 0.4) is 0 Å². The fourth-order valence-corrected chi connectivity index (χ4v) is 2.69. The maximum Gasteiger partial charge on any atom is 0.320 e. The Hall–Kier alpha value is -0.610. The van der Waals surface area contributed by atoms with Crippen molar-refractivity contribution in [2.24, 2.45) is 0 Å². The lowest BCUT2D eigenvalue weighted by Gasteiger charge is -2.34. The van der Waals surface area contributed by atoms with Gasteiger partial charge >= 0.3 is 5.97 Å². The van der Waals surface area contributed by atoms with Gasteiger partial charge in [0.2, 0.25) is 0 Å². The minimum atomic E-state index is -0.702. The highest BCUT2D eigenvalue weighted by molar-refractivity contribution is 5.73. The lowest BCUT2D eigenvalue weighted by molar-refractivity contribution is -0.142. The van der Waals surface area contributed by atoms with Crippen LogP contribution in [-0.4, -0.2) is 60.1 Å². The molecule has 0 aromatic heterocycles. The third-order valence-corrected chi connectivity index (χ3v) is 3.94. The van der Waals surface area contributed by atoms with Crippen LogP contribution in [0.5, 0.6) is 0 Å². The fraction of sp³-hybridized carbons (Fsp3) is 0.923. The molecule has 0 aliphatic carbocycles. The van der Waals surface area contributed by atoms with Gasteiger partial charge in [0.25, 0.3) is 0 Å². The Morgan fingerprint density at radius 1 is 1.53 bits per heavy atom. The second-order valence-corrected chi connectivity index (χ2v) is 5.16. The molecule has 17 heavy (non-hydrogen) atoms. The first-order valence-electron chi connectivity index (χ1n) is 6.69. The molecule has 0 saturated carbocycles. The lowest BCUT2D eigenvalue weighted by Crippen LogP contribution is -2.42. The molecular formula is C13H26N2O2. The molecule has 0 aromatic rings. The van der Waals surface area contributed by atoms with Crippen LogP contribution in [0.25, 0.3) is 0 Å². The number of likely N-dealkylation sites (tertiary alicyclic amines) is 1. The largest absolute Gasteiger partial charge is 0.480 e. The first kappa shape index (κ1) is 14.5. The quantitative estimate of drug-likeness (QED) is 0.769. The average Bonchev–Trinajstić information content (AvgIpc) is 2.28. The lowest BCUT2D eigenvalue weighted by atomic mass is 9.99. The van der Waals surface area contributed by atoms with E-state index in [1.165, 1.54) is 25.8 Å². The van der Waals surface area contributed by atoms with Gasteiger partial charge in [0.1, 0.15) is 6.04 Å². The van der Waals surface area contributed by atoms with Crippen LogP contribution in [0.1, 0.15) is 39.0 Å². The SMILES string of the molecule is CC[C@@H](C(=O)O)N(C)CC[C@H]1CCCCN1C. The minimum absolute atomic E-state index is 0.330. The highest BCUT2D eigenvalue weighted by Gasteiger charge is 2.23. The van der Waals surface area contributed by atoms with Crippen molar-refractivity contribution in [2.45, 2.75) is 51.1 Å². The first-order chi connectivity index (χ1) is 8.06. The Bertz CT molecular complexity index is 246. The first-order valence-corrected chi connectivity index (χ1v) is 6.69. The highest BCUT2D eigenvalue weighted by Crippen LogP contribution is 2.18. The van der Waals surface area contributed by atoms with Crippen molar-refractivity contribution in [3.8, 4) is 0 Å². The number of carboxylic acids is 1. The molecule has 0 radical (unpaired) electrons. The predicted molar refractivity (Wildman–Crippen MR) is 69.2 cm³/mol. The van der Waals surface area contributed by atoms with Gasteiger partial charge in [-0.15, -0.1) is 0 Å². The molecule has 4 heteroatoms. The molecule has 100 valence electrons. The predicted octanol–water partition coefficient (Wildman–Crippen LogP) is 1.66. The molecule has 0 unspecified atom stereocenters. The Balaban J connectivity index is 2.35. The maximum absolute atomic E-state index is 11.0. The second kappa shape index (κ2) is 6.97. The third-order valence-electron chi connectivity index (χ3n) is 3.94. The zero-order valence-corrected chi connectivity index (χ0v) is 11.4. The molecule has 2 atom stereocenters. The molecule has 1 fully saturated rings. The van der Waals surface area contributed by atoms with E-state index in [1.54, 1.807) is 0 Å². The molecule has 0 amide bonds. The van der Waals surface area contributed by atoms with E-state index in [4.69, 9.17) is 5.11 Å². The molecular weight excluding hydrogens is 216 g/mol. The standard InChI is InChI=1S/C13H26N2O2/c1-4-12(13(16)17)15(3)10-8-11-7-5-6-9-14(11)2/h11-12H,4-10H2,1-3H3,(H,16,17)/t11-,12+/m1/s1. The van der Waals surface area contributed by atoms with Gasteiger partial charge < -0.3 is 10.0 Å². The molecule has 0 aromatic carbocycles. The van der Waals surface area contributed by atoms with Crippen molar-refractivity contribution in [3.63, 3.8) is 0 Å². The van der Waals surface area contributed by atoms with Gasteiger partial charge in [0, 0.05) is 12.6 Å². The Kier molecular flexibility index (Phi) is 5.92. The molecule has 1 heterocycles. The van der Waals surface area contributed by atoms with Gasteiger partial charge in [-0.1, -0.05) is 13.3 Å². The van der Waals surface area contributed by atoms with Crippen LogP contribution in [0.4, 0.5) is 0 Å². The van der Waals surface area contributed by atoms with Crippen molar-refractivity contribution in [3.05, 3.63) is 0 Å². The normalized spacial score (nSPS) is 23.9. The van der Waals surface area contributed by atoms with E-state index in [1.807, 2.05) is 18.9 Å². The molecule has 1 aliphatic rings. The summed E-state index contributed by atoms with van der Waals surface area (Å²) < 4.78 is 0. The minimum Gasteiger partial charge on any atom is -0.480 e. The van der Waals surface area contributed by atoms with Crippen molar-refractivity contribution in [2.75, 3.05) is 27.2 Å². The van der Waals surface area contributed by atoms with Crippen molar-refractivity contribution in [1.82, 2.24) is 9.80 Å². The van der Waals surface area contributed by atoms with Gasteiger partial charge in [0.05, 0.1) is 0 Å². The van der Waals surface area contributed by atoms with E-state index in [2.05, 4.69) is 11.9 Å². The zero-order valence-electron chi connectivity index (χ0n) is 11.4. The number of piperidine rings is 1. The summed E-state index contributed by atoms with van der Waals surface area (Å²) in [6.07, 6.45) is 5.63. The van der Waals surface area contributed by atoms with Gasteiger partial charge in [-0.3, -0.25) is 9.69 Å². The Labute approximate surface area is 105 Å². The van der Waals surface area contributed by atoms with Crippen molar-refractivity contribution < 1.29 is 9.90 Å². The van der Waals surface area contributed by atoms with Crippen LogP contribution < -0.4 is 0 Å². The summed E-state index contributed by atoms with van der Waals surface area (Å²) in [6.45, 7) is 3.99. The number of carboxylic acid groups (broad SMARTS) is 1. The number of rotatable bonds is 6.